The third-order valence-electron chi connectivity index (χ3n) is 4.14. The van der Waals surface area contributed by atoms with Gasteiger partial charge in [0.2, 0.25) is 0 Å². The molecule has 0 saturated heterocycles. The quantitative estimate of drug-likeness (QED) is 0.531. The maximum atomic E-state index is 5.59. The zero-order chi connectivity index (χ0) is 15.2. The monoisotopic (exact) mass is 301 g/mol. The van der Waals surface area contributed by atoms with E-state index >= 15 is 0 Å². The fraction of sp³-hybridized carbons (Fsp3) is 1.00. The first-order valence-electron chi connectivity index (χ1n) is 8.75. The van der Waals surface area contributed by atoms with E-state index in [0.717, 1.165) is 26.2 Å². The standard InChI is InChI=1S/C17H35NO3/c1-3-4-11-19-13-15-21-16-14-20-12-10-18-17(2)8-6-5-7-9-17/h18H,3-16H2,1-2H3. The van der Waals surface area contributed by atoms with Crippen LogP contribution in [0.4, 0.5) is 0 Å². The maximum Gasteiger partial charge on any atom is 0.0701 e. The van der Waals surface area contributed by atoms with Gasteiger partial charge in [0.15, 0.2) is 0 Å². The van der Waals surface area contributed by atoms with E-state index in [1.165, 1.54) is 38.5 Å². The number of rotatable bonds is 13. The van der Waals surface area contributed by atoms with Gasteiger partial charge in [-0.2, -0.15) is 0 Å². The van der Waals surface area contributed by atoms with Gasteiger partial charge in [0.25, 0.3) is 0 Å². The summed E-state index contributed by atoms with van der Waals surface area (Å²) in [5, 5.41) is 3.64. The van der Waals surface area contributed by atoms with Crippen molar-refractivity contribution >= 4 is 0 Å². The van der Waals surface area contributed by atoms with Crippen molar-refractivity contribution in [2.24, 2.45) is 0 Å². The number of ether oxygens (including phenoxy) is 3. The lowest BCUT2D eigenvalue weighted by Crippen LogP contribution is -2.45. The van der Waals surface area contributed by atoms with Gasteiger partial charge >= 0.3 is 0 Å². The summed E-state index contributed by atoms with van der Waals surface area (Å²) in [6.07, 6.45) is 9.03. The second-order valence-corrected chi connectivity index (χ2v) is 6.24. The normalized spacial score (nSPS) is 18.0. The molecule has 126 valence electrons. The molecule has 0 atom stereocenters. The number of unbranched alkanes of at least 4 members (excludes halogenated alkanes) is 1. The highest BCUT2D eigenvalue weighted by Gasteiger charge is 2.25. The molecule has 0 aromatic heterocycles. The van der Waals surface area contributed by atoms with Crippen molar-refractivity contribution < 1.29 is 14.2 Å². The van der Waals surface area contributed by atoms with E-state index in [2.05, 4.69) is 19.2 Å². The molecule has 1 aliphatic carbocycles. The summed E-state index contributed by atoms with van der Waals surface area (Å²) in [5.41, 5.74) is 0.341. The van der Waals surface area contributed by atoms with Gasteiger partial charge in [-0.1, -0.05) is 32.6 Å². The number of hydrogen-bond acceptors (Lipinski definition) is 4. The highest BCUT2D eigenvalue weighted by atomic mass is 16.5. The number of nitrogens with one attached hydrogen (secondary N) is 1. The van der Waals surface area contributed by atoms with Gasteiger partial charge in [-0.25, -0.2) is 0 Å². The van der Waals surface area contributed by atoms with E-state index in [4.69, 9.17) is 14.2 Å². The molecular weight excluding hydrogens is 266 g/mol. The first-order valence-corrected chi connectivity index (χ1v) is 8.75. The van der Waals surface area contributed by atoms with E-state index in [0.29, 0.717) is 32.0 Å². The summed E-state index contributed by atoms with van der Waals surface area (Å²) in [4.78, 5) is 0. The van der Waals surface area contributed by atoms with Crippen molar-refractivity contribution in [1.82, 2.24) is 5.32 Å². The second kappa shape index (κ2) is 12.4. The molecule has 1 N–H and O–H groups in total. The van der Waals surface area contributed by atoms with Crippen LogP contribution in [-0.4, -0.2) is 51.7 Å². The summed E-state index contributed by atoms with van der Waals surface area (Å²) in [5.74, 6) is 0. The fourth-order valence-corrected chi connectivity index (χ4v) is 2.72. The van der Waals surface area contributed by atoms with Gasteiger partial charge in [-0.3, -0.25) is 0 Å². The van der Waals surface area contributed by atoms with E-state index in [-0.39, 0.29) is 0 Å². The van der Waals surface area contributed by atoms with Gasteiger partial charge in [-0.05, 0) is 26.2 Å². The largest absolute Gasteiger partial charge is 0.379 e. The van der Waals surface area contributed by atoms with Crippen molar-refractivity contribution in [3.63, 3.8) is 0 Å². The summed E-state index contributed by atoms with van der Waals surface area (Å²) >= 11 is 0. The Morgan fingerprint density at radius 1 is 0.810 bits per heavy atom. The third kappa shape index (κ3) is 10.2. The zero-order valence-corrected chi connectivity index (χ0v) is 14.1. The first kappa shape index (κ1) is 18.9. The Morgan fingerprint density at radius 3 is 2.00 bits per heavy atom. The van der Waals surface area contributed by atoms with Crippen LogP contribution in [0.25, 0.3) is 0 Å². The predicted molar refractivity (Wildman–Crippen MR) is 86.9 cm³/mol. The molecule has 4 nitrogen and oxygen atoms in total. The van der Waals surface area contributed by atoms with Gasteiger partial charge in [0.05, 0.1) is 33.0 Å². The van der Waals surface area contributed by atoms with Gasteiger partial charge in [-0.15, -0.1) is 0 Å². The van der Waals surface area contributed by atoms with Crippen LogP contribution >= 0.6 is 0 Å². The molecular formula is C17H35NO3. The fourth-order valence-electron chi connectivity index (χ4n) is 2.72. The molecule has 0 aromatic rings. The van der Waals surface area contributed by atoms with Crippen LogP contribution in [0.15, 0.2) is 0 Å². The molecule has 1 saturated carbocycles. The average Bonchev–Trinajstić information content (AvgIpc) is 2.49. The predicted octanol–water partition coefficient (Wildman–Crippen LogP) is 3.15. The van der Waals surface area contributed by atoms with Gasteiger partial charge in [0, 0.05) is 18.7 Å². The molecule has 0 radical (unpaired) electrons. The topological polar surface area (TPSA) is 39.7 Å². The third-order valence-corrected chi connectivity index (χ3v) is 4.14. The van der Waals surface area contributed by atoms with Crippen LogP contribution in [0.1, 0.15) is 58.8 Å². The molecule has 21 heavy (non-hydrogen) atoms. The molecule has 0 unspecified atom stereocenters. The Hall–Kier alpha value is -0.160. The Kier molecular flexibility index (Phi) is 11.1. The molecule has 1 fully saturated rings. The lowest BCUT2D eigenvalue weighted by molar-refractivity contribution is 0.0136. The van der Waals surface area contributed by atoms with Crippen molar-refractivity contribution in [2.75, 3.05) is 46.2 Å². The molecule has 1 rings (SSSR count). The minimum absolute atomic E-state index is 0.341. The summed E-state index contributed by atoms with van der Waals surface area (Å²) < 4.78 is 16.5. The first-order chi connectivity index (χ1) is 10.3. The lowest BCUT2D eigenvalue weighted by atomic mass is 9.83. The average molecular weight is 301 g/mol. The van der Waals surface area contributed by atoms with E-state index in [1.54, 1.807) is 0 Å². The van der Waals surface area contributed by atoms with E-state index < -0.39 is 0 Å². The molecule has 1 aliphatic rings. The van der Waals surface area contributed by atoms with Crippen LogP contribution in [-0.2, 0) is 14.2 Å². The van der Waals surface area contributed by atoms with Crippen LogP contribution in [0.5, 0.6) is 0 Å². The molecule has 0 heterocycles. The molecule has 0 amide bonds. The maximum absolute atomic E-state index is 5.59. The lowest BCUT2D eigenvalue weighted by Gasteiger charge is -2.34. The summed E-state index contributed by atoms with van der Waals surface area (Å²) in [6.45, 7) is 9.77. The van der Waals surface area contributed by atoms with Crippen molar-refractivity contribution in [2.45, 2.75) is 64.3 Å². The molecule has 0 aliphatic heterocycles. The molecule has 4 heteroatoms. The highest BCUT2D eigenvalue weighted by molar-refractivity contribution is 4.85. The second-order valence-electron chi connectivity index (χ2n) is 6.24. The Labute approximate surface area is 130 Å². The SMILES string of the molecule is CCCCOCCOCCOCCNC1(C)CCCCC1. The van der Waals surface area contributed by atoms with Crippen LogP contribution < -0.4 is 5.32 Å². The van der Waals surface area contributed by atoms with Crippen LogP contribution in [0.2, 0.25) is 0 Å². The smallest absolute Gasteiger partial charge is 0.0701 e. The van der Waals surface area contributed by atoms with Gasteiger partial charge in [0.1, 0.15) is 0 Å². The molecule has 0 spiro atoms. The van der Waals surface area contributed by atoms with E-state index in [9.17, 15) is 0 Å². The van der Waals surface area contributed by atoms with Crippen LogP contribution in [0, 0.1) is 0 Å². The Morgan fingerprint density at radius 2 is 1.38 bits per heavy atom. The zero-order valence-electron chi connectivity index (χ0n) is 14.1. The Bertz CT molecular complexity index is 230. The van der Waals surface area contributed by atoms with Crippen molar-refractivity contribution in [3.05, 3.63) is 0 Å². The summed E-state index contributed by atoms with van der Waals surface area (Å²) in [6, 6.07) is 0. The highest BCUT2D eigenvalue weighted by Crippen LogP contribution is 2.27. The van der Waals surface area contributed by atoms with Crippen LogP contribution in [0.3, 0.4) is 0 Å². The van der Waals surface area contributed by atoms with Gasteiger partial charge < -0.3 is 19.5 Å². The minimum atomic E-state index is 0.341. The van der Waals surface area contributed by atoms with E-state index in [1.807, 2.05) is 0 Å². The molecule has 0 aromatic carbocycles. The molecule has 0 bridgehead atoms. The van der Waals surface area contributed by atoms with Crippen molar-refractivity contribution in [3.8, 4) is 0 Å². The minimum Gasteiger partial charge on any atom is -0.379 e. The summed E-state index contributed by atoms with van der Waals surface area (Å²) in [7, 11) is 0. The Balaban J connectivity index is 1.78. The number of hydrogen-bond donors (Lipinski definition) is 1. The van der Waals surface area contributed by atoms with Crippen molar-refractivity contribution in [1.29, 1.82) is 0 Å².